The lowest BCUT2D eigenvalue weighted by Gasteiger charge is -2.20. The Balaban J connectivity index is 1.40. The number of ether oxygens (including phenoxy) is 4. The molecule has 36 heavy (non-hydrogen) atoms. The Bertz CT molecular complexity index is 1410. The van der Waals surface area contributed by atoms with E-state index in [-0.39, 0.29) is 23.8 Å². The van der Waals surface area contributed by atoms with Crippen LogP contribution in [0.5, 0.6) is 17.2 Å². The Morgan fingerprint density at radius 1 is 1.06 bits per heavy atom. The van der Waals surface area contributed by atoms with E-state index in [2.05, 4.69) is 36.7 Å². The van der Waals surface area contributed by atoms with Gasteiger partial charge in [-0.1, -0.05) is 48.8 Å². The second-order valence-electron chi connectivity index (χ2n) is 9.82. The van der Waals surface area contributed by atoms with Crippen LogP contribution in [0, 0.1) is 6.92 Å². The van der Waals surface area contributed by atoms with Gasteiger partial charge in [0.25, 0.3) is 0 Å². The molecule has 2 aliphatic rings. The number of hydrogen-bond acceptors (Lipinski definition) is 6. The number of Topliss-reactive ketones (excluding diaryl/α,β-unsaturated/α-hetero) is 1. The molecule has 0 N–H and O–H groups in total. The zero-order chi connectivity index (χ0) is 25.6. The van der Waals surface area contributed by atoms with Crippen LogP contribution >= 0.6 is 15.9 Å². The minimum absolute atomic E-state index is 0.0108. The lowest BCUT2D eigenvalue weighted by molar-refractivity contribution is -0.0165. The van der Waals surface area contributed by atoms with Crippen LogP contribution in [0.1, 0.15) is 63.7 Å². The molecule has 5 rings (SSSR count). The number of halogens is 1. The molecular weight excluding hydrogens is 524 g/mol. The monoisotopic (exact) mass is 548 g/mol. The number of rotatable bonds is 3. The molecule has 0 fully saturated rings. The molecular formula is C29H25BrO6. The third kappa shape index (κ3) is 4.56. The molecule has 0 radical (unpaired) electrons. The first kappa shape index (κ1) is 24.3. The van der Waals surface area contributed by atoms with Gasteiger partial charge in [-0.25, -0.2) is 4.79 Å². The van der Waals surface area contributed by atoms with Gasteiger partial charge in [-0.2, -0.15) is 0 Å². The van der Waals surface area contributed by atoms with E-state index in [1.807, 2.05) is 24.3 Å². The zero-order valence-corrected chi connectivity index (χ0v) is 22.0. The maximum Gasteiger partial charge on any atom is 0.343 e. The van der Waals surface area contributed by atoms with Crippen LogP contribution < -0.4 is 14.2 Å². The van der Waals surface area contributed by atoms with E-state index in [0.29, 0.717) is 46.1 Å². The summed E-state index contributed by atoms with van der Waals surface area (Å²) in [6.07, 6.45) is 1.67. The lowest BCUT2D eigenvalue weighted by Crippen LogP contribution is -2.13. The third-order valence-corrected chi connectivity index (χ3v) is 6.67. The van der Waals surface area contributed by atoms with Crippen LogP contribution in [0.2, 0.25) is 0 Å². The Morgan fingerprint density at radius 2 is 1.81 bits per heavy atom. The fraction of sp³-hybridized carbons (Fsp3) is 0.241. The Kier molecular flexibility index (Phi) is 6.22. The van der Waals surface area contributed by atoms with Gasteiger partial charge in [-0.3, -0.25) is 4.79 Å². The first-order chi connectivity index (χ1) is 17.1. The maximum absolute atomic E-state index is 13.1. The minimum atomic E-state index is -0.473. The number of benzene rings is 3. The van der Waals surface area contributed by atoms with Gasteiger partial charge in [-0.15, -0.1) is 0 Å². The van der Waals surface area contributed by atoms with Crippen molar-refractivity contribution in [1.29, 1.82) is 0 Å². The molecule has 0 bridgehead atoms. The van der Waals surface area contributed by atoms with Crippen LogP contribution in [-0.4, -0.2) is 18.5 Å². The molecule has 0 aromatic heterocycles. The van der Waals surface area contributed by atoms with Crippen molar-refractivity contribution in [1.82, 2.24) is 0 Å². The van der Waals surface area contributed by atoms with Gasteiger partial charge in [0.1, 0.15) is 17.2 Å². The number of allylic oxidation sites excluding steroid dienone is 1. The number of ketones is 1. The summed E-state index contributed by atoms with van der Waals surface area (Å²) in [4.78, 5) is 25.9. The second-order valence-corrected chi connectivity index (χ2v) is 10.7. The Morgan fingerprint density at radius 3 is 2.53 bits per heavy atom. The first-order valence-electron chi connectivity index (χ1n) is 11.6. The first-order valence-corrected chi connectivity index (χ1v) is 12.3. The van der Waals surface area contributed by atoms with E-state index in [1.54, 1.807) is 37.3 Å². The van der Waals surface area contributed by atoms with E-state index >= 15 is 0 Å². The summed E-state index contributed by atoms with van der Waals surface area (Å²) >= 11 is 3.50. The predicted molar refractivity (Wildman–Crippen MR) is 139 cm³/mol. The standard InChI is InChI=1S/C29H25BrO6/c1-16-23(36-28(32)17-5-7-20(8-6-17)29(2,3)4)10-9-22-25(31)24(35-26(16)22)13-18-11-21(30)12-19-14-33-15-34-27(18)19/h5-13H,14-15H2,1-4H3/b24-13-. The number of carbonyl (C=O) groups excluding carboxylic acids is 2. The highest BCUT2D eigenvalue weighted by Crippen LogP contribution is 2.41. The number of carbonyl (C=O) groups is 2. The maximum atomic E-state index is 13.1. The highest BCUT2D eigenvalue weighted by molar-refractivity contribution is 9.10. The quantitative estimate of drug-likeness (QED) is 0.204. The largest absolute Gasteiger partial charge is 0.467 e. The Hall–Kier alpha value is -3.42. The van der Waals surface area contributed by atoms with Crippen molar-refractivity contribution in [3.63, 3.8) is 0 Å². The molecule has 184 valence electrons. The number of fused-ring (bicyclic) bond motifs is 2. The second kappa shape index (κ2) is 9.22. The molecule has 0 amide bonds. The van der Waals surface area contributed by atoms with Gasteiger partial charge in [0.2, 0.25) is 5.78 Å². The molecule has 2 heterocycles. The SMILES string of the molecule is Cc1c(OC(=O)c2ccc(C(C)(C)C)cc2)ccc2c1O/C(=C\c1cc(Br)cc3c1OCOC3)C2=O. The van der Waals surface area contributed by atoms with Crippen molar-refractivity contribution >= 4 is 33.8 Å². The summed E-state index contributed by atoms with van der Waals surface area (Å²) in [6.45, 7) is 8.68. The molecule has 0 spiro atoms. The van der Waals surface area contributed by atoms with E-state index in [4.69, 9.17) is 18.9 Å². The van der Waals surface area contributed by atoms with Crippen LogP contribution in [0.25, 0.3) is 6.08 Å². The van der Waals surface area contributed by atoms with E-state index in [9.17, 15) is 9.59 Å². The normalized spacial score (nSPS) is 15.7. The van der Waals surface area contributed by atoms with Gasteiger partial charge < -0.3 is 18.9 Å². The summed E-state index contributed by atoms with van der Waals surface area (Å²) in [5.41, 5.74) is 4.15. The Labute approximate surface area is 218 Å². The van der Waals surface area contributed by atoms with E-state index < -0.39 is 5.97 Å². The zero-order valence-electron chi connectivity index (χ0n) is 20.4. The molecule has 7 heteroatoms. The van der Waals surface area contributed by atoms with Crippen LogP contribution in [-0.2, 0) is 16.8 Å². The molecule has 0 saturated heterocycles. The summed E-state index contributed by atoms with van der Waals surface area (Å²) in [7, 11) is 0. The van der Waals surface area contributed by atoms with Crippen molar-refractivity contribution in [3.05, 3.63) is 92.1 Å². The summed E-state index contributed by atoms with van der Waals surface area (Å²) in [5.74, 6) is 0.835. The van der Waals surface area contributed by atoms with Gasteiger partial charge in [0, 0.05) is 21.2 Å². The van der Waals surface area contributed by atoms with Crippen molar-refractivity contribution in [2.24, 2.45) is 0 Å². The van der Waals surface area contributed by atoms with E-state index in [0.717, 1.165) is 15.6 Å². The van der Waals surface area contributed by atoms with Crippen molar-refractivity contribution < 1.29 is 28.5 Å². The fourth-order valence-electron chi connectivity index (χ4n) is 4.20. The fourth-order valence-corrected chi connectivity index (χ4v) is 4.72. The smallest absolute Gasteiger partial charge is 0.343 e. The van der Waals surface area contributed by atoms with Gasteiger partial charge >= 0.3 is 5.97 Å². The lowest BCUT2D eigenvalue weighted by atomic mass is 9.87. The van der Waals surface area contributed by atoms with Crippen LogP contribution in [0.4, 0.5) is 0 Å². The highest BCUT2D eigenvalue weighted by Gasteiger charge is 2.31. The third-order valence-electron chi connectivity index (χ3n) is 6.22. The molecule has 2 aliphatic heterocycles. The average molecular weight is 549 g/mol. The van der Waals surface area contributed by atoms with Crippen molar-refractivity contribution in [3.8, 4) is 17.2 Å². The summed E-state index contributed by atoms with van der Waals surface area (Å²) in [6, 6.07) is 14.4. The summed E-state index contributed by atoms with van der Waals surface area (Å²) < 4.78 is 23.5. The van der Waals surface area contributed by atoms with E-state index in [1.165, 1.54) is 0 Å². The molecule has 0 atom stereocenters. The highest BCUT2D eigenvalue weighted by atomic mass is 79.9. The minimum Gasteiger partial charge on any atom is -0.467 e. The summed E-state index contributed by atoms with van der Waals surface area (Å²) in [5, 5.41) is 0. The molecule has 3 aromatic carbocycles. The molecule has 3 aromatic rings. The van der Waals surface area contributed by atoms with Gasteiger partial charge in [0.15, 0.2) is 12.6 Å². The van der Waals surface area contributed by atoms with Gasteiger partial charge in [-0.05, 0) is 60.4 Å². The van der Waals surface area contributed by atoms with Crippen LogP contribution in [0.3, 0.4) is 0 Å². The van der Waals surface area contributed by atoms with Gasteiger partial charge in [0.05, 0.1) is 17.7 Å². The van der Waals surface area contributed by atoms with Crippen molar-refractivity contribution in [2.45, 2.75) is 39.7 Å². The van der Waals surface area contributed by atoms with Crippen LogP contribution in [0.15, 0.2) is 58.8 Å². The number of hydrogen-bond donors (Lipinski definition) is 0. The predicted octanol–water partition coefficient (Wildman–Crippen LogP) is 6.76. The molecule has 0 unspecified atom stereocenters. The molecule has 0 aliphatic carbocycles. The topological polar surface area (TPSA) is 71.1 Å². The van der Waals surface area contributed by atoms with Crippen molar-refractivity contribution in [2.75, 3.05) is 6.79 Å². The molecule has 6 nitrogen and oxygen atoms in total. The number of esters is 1. The average Bonchev–Trinajstić information content (AvgIpc) is 3.16. The molecule has 0 saturated carbocycles.